The number of rotatable bonds is 12. The molecule has 0 atom stereocenters. The van der Waals surface area contributed by atoms with Crippen LogP contribution in [0, 0.1) is 13.8 Å². The van der Waals surface area contributed by atoms with Crippen molar-refractivity contribution >= 4 is 0 Å². The van der Waals surface area contributed by atoms with E-state index in [0.717, 1.165) is 81.2 Å². The molecule has 266 valence electrons. The first-order valence-corrected chi connectivity index (χ1v) is 18.6. The Hall–Kier alpha value is -6.54. The van der Waals surface area contributed by atoms with Gasteiger partial charge in [-0.25, -0.2) is 14.6 Å². The minimum atomic E-state index is -0.846. The lowest BCUT2D eigenvalue weighted by Gasteiger charge is -2.36. The van der Waals surface area contributed by atoms with Gasteiger partial charge in [0.1, 0.15) is 22.8 Å². The van der Waals surface area contributed by atoms with Crippen molar-refractivity contribution in [3.8, 4) is 33.9 Å². The summed E-state index contributed by atoms with van der Waals surface area (Å²) >= 11 is 0. The van der Waals surface area contributed by atoms with E-state index >= 15 is 0 Å². The smallest absolute Gasteiger partial charge is 0.184 e. The van der Waals surface area contributed by atoms with Gasteiger partial charge in [0.25, 0.3) is 0 Å². The number of hydrogen-bond donors (Lipinski definition) is 0. The summed E-state index contributed by atoms with van der Waals surface area (Å²) in [6, 6.07) is 48.7. The minimum absolute atomic E-state index is 0.673. The third kappa shape index (κ3) is 6.51. The van der Waals surface area contributed by atoms with E-state index in [1.165, 1.54) is 5.56 Å². The zero-order valence-corrected chi connectivity index (χ0v) is 30.8. The highest BCUT2D eigenvalue weighted by atomic mass is 15.6. The quantitative estimate of drug-likeness (QED) is 0.118. The Morgan fingerprint density at radius 3 is 1.85 bits per heavy atom. The highest BCUT2D eigenvalue weighted by Gasteiger charge is 2.42. The predicted molar refractivity (Wildman–Crippen MR) is 214 cm³/mol. The highest BCUT2D eigenvalue weighted by Crippen LogP contribution is 2.43. The minimum Gasteiger partial charge on any atom is -0.330 e. The van der Waals surface area contributed by atoms with Gasteiger partial charge in [-0.05, 0) is 64.1 Å². The van der Waals surface area contributed by atoms with Gasteiger partial charge in [0.2, 0.25) is 0 Å². The first kappa shape index (κ1) is 34.5. The summed E-state index contributed by atoms with van der Waals surface area (Å²) in [5.74, 6) is 1.74. The Labute approximate surface area is 316 Å². The molecule has 0 bridgehead atoms. The van der Waals surface area contributed by atoms with Gasteiger partial charge in [-0.3, -0.25) is 4.98 Å². The maximum absolute atomic E-state index is 5.05. The fourth-order valence-electron chi connectivity index (χ4n) is 7.42. The summed E-state index contributed by atoms with van der Waals surface area (Å²) in [4.78, 5) is 14.4. The molecule has 8 rings (SSSR count). The first-order valence-electron chi connectivity index (χ1n) is 18.6. The number of aromatic nitrogens is 8. The Morgan fingerprint density at radius 1 is 0.648 bits per heavy atom. The van der Waals surface area contributed by atoms with Gasteiger partial charge in [-0.2, -0.15) is 0 Å². The molecule has 0 aliphatic heterocycles. The van der Waals surface area contributed by atoms with Gasteiger partial charge in [-0.15, -0.1) is 5.10 Å². The van der Waals surface area contributed by atoms with Crippen LogP contribution in [0.3, 0.4) is 0 Å². The third-order valence-electron chi connectivity index (χ3n) is 10.1. The average molecular weight is 707 g/mol. The van der Waals surface area contributed by atoms with Crippen LogP contribution < -0.4 is 0 Å². The SMILES string of the molecule is CCCCc1nc(-c2nc(C)cnc2C)cn1Cc1ccc(-c2ccccc2-c2nnnn2C(c2ccccc2)(c2ccccc2)c2ccccc2)cc1. The molecule has 8 heteroatoms. The standard InChI is InChI=1S/C46H42N8/c1-4-5-25-43-49-42(44-34(3)47-30-33(2)48-44)32-53(43)31-35-26-28-36(29-27-35)40-23-15-16-24-41(40)45-50-51-52-54(45)46(37-17-9-6-10-18-37,38-19-11-7-12-20-38)39-21-13-8-14-22-39/h6-24,26-30,32H,4-5,25,31H2,1-3H3. The maximum atomic E-state index is 5.05. The number of aryl methyl sites for hydroxylation is 3. The van der Waals surface area contributed by atoms with Crippen LogP contribution in [0.25, 0.3) is 33.9 Å². The molecule has 3 heterocycles. The summed E-state index contributed by atoms with van der Waals surface area (Å²) in [7, 11) is 0. The van der Waals surface area contributed by atoms with E-state index in [9.17, 15) is 0 Å². The summed E-state index contributed by atoms with van der Waals surface area (Å²) in [6.45, 7) is 6.88. The molecule has 8 aromatic rings. The zero-order valence-electron chi connectivity index (χ0n) is 30.8. The van der Waals surface area contributed by atoms with E-state index in [4.69, 9.17) is 20.3 Å². The van der Waals surface area contributed by atoms with Crippen molar-refractivity contribution in [2.75, 3.05) is 0 Å². The van der Waals surface area contributed by atoms with E-state index in [0.29, 0.717) is 12.4 Å². The van der Waals surface area contributed by atoms with E-state index in [-0.39, 0.29) is 0 Å². The van der Waals surface area contributed by atoms with Crippen LogP contribution in [-0.4, -0.2) is 39.7 Å². The Kier molecular flexibility index (Phi) is 9.73. The third-order valence-corrected chi connectivity index (χ3v) is 10.1. The van der Waals surface area contributed by atoms with Gasteiger partial charge in [0, 0.05) is 30.9 Å². The second-order valence-corrected chi connectivity index (χ2v) is 13.7. The molecule has 54 heavy (non-hydrogen) atoms. The van der Waals surface area contributed by atoms with E-state index in [1.807, 2.05) is 36.7 Å². The van der Waals surface area contributed by atoms with Crippen LogP contribution in [0.15, 0.2) is 152 Å². The van der Waals surface area contributed by atoms with Crippen molar-refractivity contribution in [2.45, 2.75) is 52.1 Å². The summed E-state index contributed by atoms with van der Waals surface area (Å²) < 4.78 is 4.26. The number of imidazole rings is 1. The number of nitrogens with zero attached hydrogens (tertiary/aromatic N) is 8. The summed E-state index contributed by atoms with van der Waals surface area (Å²) in [5.41, 5.74) is 10.1. The fraction of sp³-hybridized carbons (Fsp3) is 0.174. The molecule has 0 unspecified atom stereocenters. The van der Waals surface area contributed by atoms with Crippen molar-refractivity contribution in [2.24, 2.45) is 0 Å². The Bertz CT molecular complexity index is 2370. The van der Waals surface area contributed by atoms with E-state index in [2.05, 4.69) is 149 Å². The second-order valence-electron chi connectivity index (χ2n) is 13.7. The fourth-order valence-corrected chi connectivity index (χ4v) is 7.42. The van der Waals surface area contributed by atoms with Gasteiger partial charge < -0.3 is 4.57 Å². The monoisotopic (exact) mass is 706 g/mol. The van der Waals surface area contributed by atoms with Crippen LogP contribution in [0.4, 0.5) is 0 Å². The molecule has 0 saturated carbocycles. The lowest BCUT2D eigenvalue weighted by molar-refractivity contribution is 0.451. The highest BCUT2D eigenvalue weighted by molar-refractivity contribution is 5.81. The average Bonchev–Trinajstić information content (AvgIpc) is 3.88. The van der Waals surface area contributed by atoms with Crippen molar-refractivity contribution < 1.29 is 0 Å². The topological polar surface area (TPSA) is 87.2 Å². The molecule has 0 aliphatic carbocycles. The molecule has 0 fully saturated rings. The van der Waals surface area contributed by atoms with Gasteiger partial charge >= 0.3 is 0 Å². The molecule has 0 saturated heterocycles. The van der Waals surface area contributed by atoms with E-state index < -0.39 is 5.54 Å². The molecular weight excluding hydrogens is 665 g/mol. The molecule has 0 aliphatic rings. The van der Waals surface area contributed by atoms with Gasteiger partial charge in [0.15, 0.2) is 5.82 Å². The molecule has 5 aromatic carbocycles. The van der Waals surface area contributed by atoms with Crippen LogP contribution in [0.2, 0.25) is 0 Å². The molecule has 0 amide bonds. The number of benzene rings is 5. The van der Waals surface area contributed by atoms with Crippen LogP contribution in [0.1, 0.15) is 59.2 Å². The molecular formula is C46H42N8. The first-order chi connectivity index (χ1) is 26.6. The lowest BCUT2D eigenvalue weighted by atomic mass is 9.77. The van der Waals surface area contributed by atoms with Gasteiger partial charge in [0.05, 0.1) is 11.4 Å². The second kappa shape index (κ2) is 15.2. The zero-order chi connectivity index (χ0) is 36.9. The molecule has 0 N–H and O–H groups in total. The van der Waals surface area contributed by atoms with Crippen LogP contribution in [0.5, 0.6) is 0 Å². The van der Waals surface area contributed by atoms with Crippen molar-refractivity contribution in [3.63, 3.8) is 0 Å². The van der Waals surface area contributed by atoms with E-state index in [1.54, 1.807) is 6.20 Å². The lowest BCUT2D eigenvalue weighted by Crippen LogP contribution is -2.39. The number of hydrogen-bond acceptors (Lipinski definition) is 6. The number of tetrazole rings is 1. The molecule has 0 spiro atoms. The van der Waals surface area contributed by atoms with Crippen molar-refractivity contribution in [1.29, 1.82) is 0 Å². The largest absolute Gasteiger partial charge is 0.330 e. The Morgan fingerprint density at radius 2 is 1.24 bits per heavy atom. The number of unbranched alkanes of at least 4 members (excludes halogenated alkanes) is 1. The Balaban J connectivity index is 1.19. The molecule has 3 aromatic heterocycles. The molecule has 0 radical (unpaired) electrons. The van der Waals surface area contributed by atoms with Crippen LogP contribution in [-0.2, 0) is 18.5 Å². The van der Waals surface area contributed by atoms with Crippen molar-refractivity contribution in [3.05, 3.63) is 191 Å². The molecule has 8 nitrogen and oxygen atoms in total. The maximum Gasteiger partial charge on any atom is 0.184 e. The van der Waals surface area contributed by atoms with Crippen LogP contribution >= 0.6 is 0 Å². The summed E-state index contributed by atoms with van der Waals surface area (Å²) in [6.07, 6.45) is 7.02. The van der Waals surface area contributed by atoms with Gasteiger partial charge in [-0.1, -0.05) is 153 Å². The predicted octanol–water partition coefficient (Wildman–Crippen LogP) is 9.51. The van der Waals surface area contributed by atoms with Crippen molar-refractivity contribution in [1.82, 2.24) is 39.7 Å². The summed E-state index contributed by atoms with van der Waals surface area (Å²) in [5, 5.41) is 13.9. The normalized spacial score (nSPS) is 11.5.